The van der Waals surface area contributed by atoms with Gasteiger partial charge < -0.3 is 15.0 Å². The van der Waals surface area contributed by atoms with E-state index in [2.05, 4.69) is 5.32 Å². The van der Waals surface area contributed by atoms with Crippen molar-refractivity contribution in [2.45, 2.75) is 45.7 Å². The minimum absolute atomic E-state index is 0.128. The second-order valence-electron chi connectivity index (χ2n) is 9.33. The fourth-order valence-corrected chi connectivity index (χ4v) is 4.42. The smallest absolute Gasteiger partial charge is 0.243 e. The zero-order chi connectivity index (χ0) is 26.6. The number of carbonyl (C=O) groups excluding carboxylic acids is 2. The lowest BCUT2D eigenvalue weighted by Gasteiger charge is -2.32. The molecule has 0 saturated heterocycles. The first kappa shape index (κ1) is 28.5. The molecule has 0 fully saturated rings. The molecule has 0 spiro atoms. The van der Waals surface area contributed by atoms with Crippen LogP contribution in [0.1, 0.15) is 37.8 Å². The molecule has 2 amide bonds. The number of rotatable bonds is 13. The van der Waals surface area contributed by atoms with Gasteiger partial charge in [-0.15, -0.1) is 0 Å². The summed E-state index contributed by atoms with van der Waals surface area (Å²) in [5.74, 6) is 0.672. The van der Waals surface area contributed by atoms with Crippen LogP contribution in [0, 0.1) is 5.92 Å². The third-order valence-electron chi connectivity index (χ3n) is 5.89. The normalized spacial score (nSPS) is 11.7. The van der Waals surface area contributed by atoms with Crippen LogP contribution in [0.15, 0.2) is 78.9 Å². The molecule has 3 rings (SSSR count). The largest absolute Gasteiger partial charge is 0.494 e. The van der Waals surface area contributed by atoms with Gasteiger partial charge >= 0.3 is 0 Å². The number of nitrogens with zero attached hydrogens (tertiary/aromatic N) is 1. The number of carbonyl (C=O) groups is 2. The molecule has 0 heterocycles. The zero-order valence-corrected chi connectivity index (χ0v) is 22.8. The summed E-state index contributed by atoms with van der Waals surface area (Å²) in [4.78, 5) is 28.7. The summed E-state index contributed by atoms with van der Waals surface area (Å²) >= 11 is 13.0. The molecule has 3 aromatic rings. The van der Waals surface area contributed by atoms with Gasteiger partial charge in [0, 0.05) is 41.5 Å². The molecule has 0 aromatic heterocycles. The van der Waals surface area contributed by atoms with E-state index in [1.807, 2.05) is 74.5 Å². The van der Waals surface area contributed by atoms with E-state index in [1.54, 1.807) is 23.1 Å². The topological polar surface area (TPSA) is 58.6 Å². The van der Waals surface area contributed by atoms with Crippen molar-refractivity contribution in [3.63, 3.8) is 0 Å². The Morgan fingerprint density at radius 2 is 1.51 bits per heavy atom. The maximum atomic E-state index is 13.7. The van der Waals surface area contributed by atoms with E-state index >= 15 is 0 Å². The van der Waals surface area contributed by atoms with E-state index in [9.17, 15) is 9.59 Å². The average Bonchev–Trinajstić information content (AvgIpc) is 2.89. The summed E-state index contributed by atoms with van der Waals surface area (Å²) in [6.45, 7) is 5.10. The summed E-state index contributed by atoms with van der Waals surface area (Å²) in [5, 5.41) is 3.93. The molecule has 1 atom stereocenters. The molecule has 1 N–H and O–H groups in total. The van der Waals surface area contributed by atoms with Gasteiger partial charge in [0.25, 0.3) is 0 Å². The Kier molecular flexibility index (Phi) is 11.3. The first-order valence-electron chi connectivity index (χ1n) is 12.6. The Hall–Kier alpha value is -3.02. The van der Waals surface area contributed by atoms with Crippen molar-refractivity contribution in [2.24, 2.45) is 5.92 Å². The number of benzene rings is 3. The van der Waals surface area contributed by atoms with E-state index in [0.717, 1.165) is 11.3 Å². The molecule has 0 aliphatic heterocycles. The standard InChI is InChI=1S/C30H34Cl2N2O3/c1-22(2)20-33-30(36)28(19-23-11-5-3-6-12-23)34(21-25-26(31)15-9-16-27(25)32)29(35)17-10-18-37-24-13-7-4-8-14-24/h3-9,11-16,22,28H,10,17-21H2,1-2H3,(H,33,36). The molecular weight excluding hydrogens is 507 g/mol. The molecule has 0 saturated carbocycles. The van der Waals surface area contributed by atoms with Crippen molar-refractivity contribution < 1.29 is 14.3 Å². The Morgan fingerprint density at radius 3 is 2.14 bits per heavy atom. The average molecular weight is 542 g/mol. The summed E-state index contributed by atoms with van der Waals surface area (Å²) < 4.78 is 5.77. The van der Waals surface area contributed by atoms with E-state index in [1.165, 1.54) is 0 Å². The van der Waals surface area contributed by atoms with Gasteiger partial charge in [-0.3, -0.25) is 9.59 Å². The van der Waals surface area contributed by atoms with Crippen molar-refractivity contribution in [1.29, 1.82) is 0 Å². The van der Waals surface area contributed by atoms with Crippen molar-refractivity contribution in [3.8, 4) is 5.75 Å². The first-order valence-corrected chi connectivity index (χ1v) is 13.3. The molecule has 5 nitrogen and oxygen atoms in total. The van der Waals surface area contributed by atoms with Gasteiger partial charge in [-0.1, -0.05) is 91.6 Å². The van der Waals surface area contributed by atoms with Crippen LogP contribution in [0.25, 0.3) is 0 Å². The van der Waals surface area contributed by atoms with Crippen LogP contribution in [0.2, 0.25) is 10.0 Å². The van der Waals surface area contributed by atoms with Gasteiger partial charge in [0.15, 0.2) is 0 Å². The quantitative estimate of drug-likeness (QED) is 0.249. The van der Waals surface area contributed by atoms with Crippen LogP contribution in [-0.2, 0) is 22.6 Å². The number of ether oxygens (including phenoxy) is 1. The molecule has 7 heteroatoms. The molecule has 0 aliphatic rings. The summed E-state index contributed by atoms with van der Waals surface area (Å²) in [7, 11) is 0. The fraction of sp³-hybridized carbons (Fsp3) is 0.333. The highest BCUT2D eigenvalue weighted by molar-refractivity contribution is 6.36. The number of hydrogen-bond donors (Lipinski definition) is 1. The zero-order valence-electron chi connectivity index (χ0n) is 21.3. The third-order valence-corrected chi connectivity index (χ3v) is 6.60. The molecule has 37 heavy (non-hydrogen) atoms. The van der Waals surface area contributed by atoms with Gasteiger partial charge in [0.05, 0.1) is 6.61 Å². The summed E-state index contributed by atoms with van der Waals surface area (Å²) in [5.41, 5.74) is 1.58. The second kappa shape index (κ2) is 14.7. The lowest BCUT2D eigenvalue weighted by Crippen LogP contribution is -2.51. The Balaban J connectivity index is 1.84. The number of amides is 2. The van der Waals surface area contributed by atoms with E-state index in [0.29, 0.717) is 41.6 Å². The van der Waals surface area contributed by atoms with E-state index in [-0.39, 0.29) is 30.7 Å². The summed E-state index contributed by atoms with van der Waals surface area (Å²) in [6.07, 6.45) is 1.10. The molecule has 0 bridgehead atoms. The second-order valence-corrected chi connectivity index (χ2v) is 10.1. The van der Waals surface area contributed by atoms with Crippen molar-refractivity contribution in [2.75, 3.05) is 13.2 Å². The van der Waals surface area contributed by atoms with E-state index in [4.69, 9.17) is 27.9 Å². The van der Waals surface area contributed by atoms with Crippen LogP contribution >= 0.6 is 23.2 Å². The highest BCUT2D eigenvalue weighted by atomic mass is 35.5. The Bertz CT molecular complexity index is 1120. The van der Waals surface area contributed by atoms with Crippen LogP contribution in [-0.4, -0.2) is 35.9 Å². The maximum absolute atomic E-state index is 13.7. The molecule has 0 aliphatic carbocycles. The van der Waals surface area contributed by atoms with Crippen LogP contribution in [0.5, 0.6) is 5.75 Å². The molecule has 196 valence electrons. The minimum Gasteiger partial charge on any atom is -0.494 e. The highest BCUT2D eigenvalue weighted by Gasteiger charge is 2.31. The molecular formula is C30H34Cl2N2O3. The third kappa shape index (κ3) is 9.10. The van der Waals surface area contributed by atoms with Crippen molar-refractivity contribution in [1.82, 2.24) is 10.2 Å². The highest BCUT2D eigenvalue weighted by Crippen LogP contribution is 2.27. The van der Waals surface area contributed by atoms with Gasteiger partial charge in [0.1, 0.15) is 11.8 Å². The Morgan fingerprint density at radius 1 is 0.892 bits per heavy atom. The SMILES string of the molecule is CC(C)CNC(=O)C(Cc1ccccc1)N(Cc1c(Cl)cccc1Cl)C(=O)CCCOc1ccccc1. The fourth-order valence-electron chi connectivity index (χ4n) is 3.90. The number of nitrogens with one attached hydrogen (secondary N) is 1. The first-order chi connectivity index (χ1) is 17.8. The van der Waals surface area contributed by atoms with Crippen LogP contribution in [0.3, 0.4) is 0 Å². The Labute approximate surface area is 229 Å². The predicted octanol–water partition coefficient (Wildman–Crippen LogP) is 6.56. The molecule has 3 aromatic carbocycles. The maximum Gasteiger partial charge on any atom is 0.243 e. The van der Waals surface area contributed by atoms with Gasteiger partial charge in [0.2, 0.25) is 11.8 Å². The minimum atomic E-state index is -0.726. The van der Waals surface area contributed by atoms with Crippen molar-refractivity contribution >= 4 is 35.0 Å². The molecule has 1 unspecified atom stereocenters. The van der Waals surface area contributed by atoms with Crippen LogP contribution in [0.4, 0.5) is 0 Å². The van der Waals surface area contributed by atoms with Crippen molar-refractivity contribution in [3.05, 3.63) is 100 Å². The lowest BCUT2D eigenvalue weighted by molar-refractivity contribution is -0.141. The predicted molar refractivity (Wildman–Crippen MR) is 150 cm³/mol. The lowest BCUT2D eigenvalue weighted by atomic mass is 10.0. The van der Waals surface area contributed by atoms with Crippen LogP contribution < -0.4 is 10.1 Å². The number of para-hydroxylation sites is 1. The summed E-state index contributed by atoms with van der Waals surface area (Å²) in [6, 6.07) is 23.7. The van der Waals surface area contributed by atoms with Gasteiger partial charge in [-0.25, -0.2) is 0 Å². The van der Waals surface area contributed by atoms with Gasteiger partial charge in [-0.2, -0.15) is 0 Å². The number of halogens is 2. The van der Waals surface area contributed by atoms with E-state index < -0.39 is 6.04 Å². The monoisotopic (exact) mass is 540 g/mol. The number of hydrogen-bond acceptors (Lipinski definition) is 3. The molecule has 0 radical (unpaired) electrons. The van der Waals surface area contributed by atoms with Gasteiger partial charge in [-0.05, 0) is 42.2 Å².